The molecule has 0 atom stereocenters. The van der Waals surface area contributed by atoms with Gasteiger partial charge in [0.2, 0.25) is 0 Å². The van der Waals surface area contributed by atoms with Crippen molar-refractivity contribution in [1.82, 2.24) is 0 Å². The summed E-state index contributed by atoms with van der Waals surface area (Å²) in [7, 11) is 0. The maximum Gasteiger partial charge on any atom is 0.387 e. The molecule has 0 aliphatic heterocycles. The van der Waals surface area contributed by atoms with Gasteiger partial charge < -0.3 is 10.1 Å². The lowest BCUT2D eigenvalue weighted by atomic mass is 10.2. The maximum atomic E-state index is 12.3. The van der Waals surface area contributed by atoms with Gasteiger partial charge in [-0.25, -0.2) is 0 Å². The quantitative estimate of drug-likeness (QED) is 0.884. The number of benzene rings is 1. The summed E-state index contributed by atoms with van der Waals surface area (Å²) in [5.41, 5.74) is 1.29. The standard InChI is InChI=1S/C15H15F2NO2S/c1-3-12-9(2)8-13(21-12)14(19)18-10-6-4-5-7-11(10)20-15(16)17/h4-8,15H,3H2,1-2H3,(H,18,19). The van der Waals surface area contributed by atoms with E-state index in [1.54, 1.807) is 18.2 Å². The normalized spacial score (nSPS) is 10.7. The van der Waals surface area contributed by atoms with Crippen LogP contribution < -0.4 is 10.1 Å². The minimum absolute atomic E-state index is 0.0511. The molecule has 6 heteroatoms. The number of amides is 1. The molecule has 1 N–H and O–H groups in total. The molecule has 1 heterocycles. The number of rotatable bonds is 5. The molecule has 0 bridgehead atoms. The Balaban J connectivity index is 2.19. The van der Waals surface area contributed by atoms with Gasteiger partial charge in [0.25, 0.3) is 5.91 Å². The lowest BCUT2D eigenvalue weighted by Crippen LogP contribution is -2.12. The molecule has 21 heavy (non-hydrogen) atoms. The van der Waals surface area contributed by atoms with Crippen LogP contribution in [0, 0.1) is 6.92 Å². The second kappa shape index (κ2) is 6.67. The van der Waals surface area contributed by atoms with Gasteiger partial charge in [-0.1, -0.05) is 19.1 Å². The molecule has 0 aliphatic rings. The predicted molar refractivity (Wildman–Crippen MR) is 79.5 cm³/mol. The maximum absolute atomic E-state index is 12.3. The fraction of sp³-hybridized carbons (Fsp3) is 0.267. The molecule has 3 nitrogen and oxygen atoms in total. The zero-order chi connectivity index (χ0) is 15.4. The summed E-state index contributed by atoms with van der Waals surface area (Å²) in [4.78, 5) is 13.9. The van der Waals surface area contributed by atoms with Crippen molar-refractivity contribution >= 4 is 22.9 Å². The number of thiophene rings is 1. The molecular weight excluding hydrogens is 296 g/mol. The van der Waals surface area contributed by atoms with Crippen LogP contribution in [0.2, 0.25) is 0 Å². The van der Waals surface area contributed by atoms with Gasteiger partial charge in [0.1, 0.15) is 5.75 Å². The highest BCUT2D eigenvalue weighted by atomic mass is 32.1. The number of halogens is 2. The van der Waals surface area contributed by atoms with E-state index >= 15 is 0 Å². The molecule has 0 radical (unpaired) electrons. The molecule has 0 aliphatic carbocycles. The number of hydrogen-bond acceptors (Lipinski definition) is 3. The molecule has 1 amide bonds. The lowest BCUT2D eigenvalue weighted by Gasteiger charge is -2.10. The first-order valence-electron chi connectivity index (χ1n) is 6.45. The Morgan fingerprint density at radius 1 is 1.38 bits per heavy atom. The fourth-order valence-electron chi connectivity index (χ4n) is 1.94. The van der Waals surface area contributed by atoms with E-state index in [0.717, 1.165) is 16.9 Å². The first kappa shape index (κ1) is 15.4. The van der Waals surface area contributed by atoms with Crippen LogP contribution in [-0.2, 0) is 6.42 Å². The third-order valence-corrected chi connectivity index (χ3v) is 4.30. The lowest BCUT2D eigenvalue weighted by molar-refractivity contribution is -0.0493. The van der Waals surface area contributed by atoms with Gasteiger partial charge in [0.15, 0.2) is 0 Å². The van der Waals surface area contributed by atoms with Crippen LogP contribution in [0.25, 0.3) is 0 Å². The summed E-state index contributed by atoms with van der Waals surface area (Å²) in [6.07, 6.45) is 0.856. The highest BCUT2D eigenvalue weighted by Gasteiger charge is 2.15. The Morgan fingerprint density at radius 2 is 2.10 bits per heavy atom. The van der Waals surface area contributed by atoms with Crippen LogP contribution in [-0.4, -0.2) is 12.5 Å². The monoisotopic (exact) mass is 311 g/mol. The first-order chi connectivity index (χ1) is 10.0. The van der Waals surface area contributed by atoms with E-state index in [-0.39, 0.29) is 17.3 Å². The SMILES string of the molecule is CCc1sc(C(=O)Nc2ccccc2OC(F)F)cc1C. The zero-order valence-electron chi connectivity index (χ0n) is 11.7. The van der Waals surface area contributed by atoms with Gasteiger partial charge in [-0.3, -0.25) is 4.79 Å². The number of nitrogens with one attached hydrogen (secondary N) is 1. The third kappa shape index (κ3) is 3.78. The van der Waals surface area contributed by atoms with E-state index in [1.807, 2.05) is 13.8 Å². The van der Waals surface area contributed by atoms with Crippen LogP contribution in [0.4, 0.5) is 14.5 Å². The number of aryl methyl sites for hydroxylation is 2. The Hall–Kier alpha value is -1.95. The van der Waals surface area contributed by atoms with Crippen molar-refractivity contribution in [3.63, 3.8) is 0 Å². The molecule has 2 aromatic rings. The van der Waals surface area contributed by atoms with Crippen LogP contribution in [0.5, 0.6) is 5.75 Å². The van der Waals surface area contributed by atoms with E-state index in [4.69, 9.17) is 0 Å². The predicted octanol–water partition coefficient (Wildman–Crippen LogP) is 4.47. The molecule has 1 aromatic carbocycles. The minimum Gasteiger partial charge on any atom is -0.433 e. The Labute approximate surface area is 125 Å². The van der Waals surface area contributed by atoms with E-state index in [0.29, 0.717) is 4.88 Å². The largest absolute Gasteiger partial charge is 0.433 e. The van der Waals surface area contributed by atoms with Gasteiger partial charge in [0.05, 0.1) is 10.6 Å². The molecule has 0 saturated carbocycles. The van der Waals surface area contributed by atoms with E-state index < -0.39 is 6.61 Å². The van der Waals surface area contributed by atoms with Crippen molar-refractivity contribution in [2.24, 2.45) is 0 Å². The first-order valence-corrected chi connectivity index (χ1v) is 7.27. The number of para-hydroxylation sites is 2. The van der Waals surface area contributed by atoms with Gasteiger partial charge >= 0.3 is 6.61 Å². The van der Waals surface area contributed by atoms with Crippen molar-refractivity contribution in [3.05, 3.63) is 45.6 Å². The average molecular weight is 311 g/mol. The number of hydrogen-bond donors (Lipinski definition) is 1. The van der Waals surface area contributed by atoms with E-state index in [9.17, 15) is 13.6 Å². The van der Waals surface area contributed by atoms with Crippen LogP contribution in [0.1, 0.15) is 27.0 Å². The van der Waals surface area contributed by atoms with E-state index in [2.05, 4.69) is 10.1 Å². The molecular formula is C15H15F2NO2S. The van der Waals surface area contributed by atoms with Gasteiger partial charge in [-0.15, -0.1) is 11.3 Å². The molecule has 112 valence electrons. The second-order valence-electron chi connectivity index (χ2n) is 4.40. The Morgan fingerprint density at radius 3 is 2.71 bits per heavy atom. The van der Waals surface area contributed by atoms with Gasteiger partial charge in [-0.05, 0) is 37.1 Å². The van der Waals surface area contributed by atoms with Crippen LogP contribution >= 0.6 is 11.3 Å². The Bertz CT molecular complexity index is 640. The summed E-state index contributed by atoms with van der Waals surface area (Å²) in [6.45, 7) is 1.03. The van der Waals surface area contributed by atoms with Gasteiger partial charge in [-0.2, -0.15) is 8.78 Å². The average Bonchev–Trinajstić information content (AvgIpc) is 2.81. The van der Waals surface area contributed by atoms with Gasteiger partial charge in [0, 0.05) is 4.88 Å². The smallest absolute Gasteiger partial charge is 0.387 e. The number of carbonyl (C=O) groups excluding carboxylic acids is 1. The number of anilines is 1. The summed E-state index contributed by atoms with van der Waals surface area (Å²) >= 11 is 1.41. The molecule has 2 rings (SSSR count). The summed E-state index contributed by atoms with van der Waals surface area (Å²) < 4.78 is 29.0. The number of alkyl halides is 2. The Kier molecular flexibility index (Phi) is 4.90. The summed E-state index contributed by atoms with van der Waals surface area (Å²) in [5, 5.41) is 2.61. The summed E-state index contributed by atoms with van der Waals surface area (Å²) in [6, 6.07) is 7.92. The third-order valence-electron chi connectivity index (χ3n) is 2.92. The summed E-state index contributed by atoms with van der Waals surface area (Å²) in [5.74, 6) is -0.377. The minimum atomic E-state index is -2.93. The molecule has 0 saturated heterocycles. The molecule has 0 spiro atoms. The van der Waals surface area contributed by atoms with Crippen molar-refractivity contribution in [3.8, 4) is 5.75 Å². The molecule has 0 fully saturated rings. The number of ether oxygens (including phenoxy) is 1. The van der Waals surface area contributed by atoms with Crippen molar-refractivity contribution in [2.45, 2.75) is 26.9 Å². The van der Waals surface area contributed by atoms with Crippen molar-refractivity contribution in [2.75, 3.05) is 5.32 Å². The molecule has 1 aromatic heterocycles. The highest BCUT2D eigenvalue weighted by Crippen LogP contribution is 2.28. The number of carbonyl (C=O) groups is 1. The topological polar surface area (TPSA) is 38.3 Å². The van der Waals surface area contributed by atoms with E-state index in [1.165, 1.54) is 23.5 Å². The van der Waals surface area contributed by atoms with Crippen LogP contribution in [0.15, 0.2) is 30.3 Å². The zero-order valence-corrected chi connectivity index (χ0v) is 12.5. The molecule has 0 unspecified atom stereocenters. The van der Waals surface area contributed by atoms with Crippen LogP contribution in [0.3, 0.4) is 0 Å². The fourth-order valence-corrected chi connectivity index (χ4v) is 2.94. The van der Waals surface area contributed by atoms with Crippen molar-refractivity contribution < 1.29 is 18.3 Å². The second-order valence-corrected chi connectivity index (χ2v) is 5.54. The highest BCUT2D eigenvalue weighted by molar-refractivity contribution is 7.14. The van der Waals surface area contributed by atoms with Crippen molar-refractivity contribution in [1.29, 1.82) is 0 Å².